The van der Waals surface area contributed by atoms with Gasteiger partial charge in [0.05, 0.1) is 24.0 Å². The van der Waals surface area contributed by atoms with E-state index in [0.29, 0.717) is 18.3 Å². The molecule has 0 saturated carbocycles. The fraction of sp³-hybridized carbons (Fsp3) is 0.474. The Morgan fingerprint density at radius 1 is 1.36 bits per heavy atom. The van der Waals surface area contributed by atoms with Crippen LogP contribution >= 0.6 is 15.9 Å². The van der Waals surface area contributed by atoms with Gasteiger partial charge in [0, 0.05) is 17.8 Å². The third-order valence-corrected chi connectivity index (χ3v) is 4.84. The van der Waals surface area contributed by atoms with Gasteiger partial charge in [0.15, 0.2) is 5.82 Å². The van der Waals surface area contributed by atoms with Crippen LogP contribution in [-0.4, -0.2) is 23.3 Å². The second-order valence-electron chi connectivity index (χ2n) is 6.48. The van der Waals surface area contributed by atoms with Gasteiger partial charge < -0.3 is 14.6 Å². The summed E-state index contributed by atoms with van der Waals surface area (Å²) in [4.78, 5) is 17.3. The maximum Gasteiger partial charge on any atom is 0.294 e. The van der Waals surface area contributed by atoms with Gasteiger partial charge in [-0.15, -0.1) is 0 Å². The first-order valence-electron chi connectivity index (χ1n) is 8.52. The molecule has 1 unspecified atom stereocenters. The molecule has 5 nitrogen and oxygen atoms in total. The van der Waals surface area contributed by atoms with Crippen LogP contribution in [-0.2, 0) is 4.74 Å². The number of hydrogen-bond donors (Lipinski definition) is 1. The Morgan fingerprint density at radius 3 is 2.64 bits per heavy atom. The molecule has 1 heterocycles. The van der Waals surface area contributed by atoms with Gasteiger partial charge in [-0.2, -0.15) is 0 Å². The summed E-state index contributed by atoms with van der Waals surface area (Å²) in [6, 6.07) is 6.10. The molecule has 6 heteroatoms. The van der Waals surface area contributed by atoms with E-state index in [9.17, 15) is 4.79 Å². The van der Waals surface area contributed by atoms with Crippen molar-refractivity contribution in [1.82, 2.24) is 9.55 Å². The lowest BCUT2D eigenvalue weighted by molar-refractivity contribution is 0.151. The lowest BCUT2D eigenvalue weighted by atomic mass is 10.0. The molecule has 1 N–H and O–H groups in total. The summed E-state index contributed by atoms with van der Waals surface area (Å²) < 4.78 is 7.88. The number of methoxy groups -OCH3 is 1. The first-order chi connectivity index (χ1) is 11.9. The highest BCUT2D eigenvalue weighted by molar-refractivity contribution is 9.10. The van der Waals surface area contributed by atoms with Crippen molar-refractivity contribution in [3.8, 4) is 0 Å². The van der Waals surface area contributed by atoms with Gasteiger partial charge >= 0.3 is 0 Å². The van der Waals surface area contributed by atoms with Crippen LogP contribution in [0.25, 0.3) is 0 Å². The molecule has 2 rings (SSSR count). The summed E-state index contributed by atoms with van der Waals surface area (Å²) in [6.07, 6.45) is 2.60. The van der Waals surface area contributed by atoms with Crippen molar-refractivity contribution >= 4 is 27.4 Å². The SMILES string of the molecule is CCC(COC)n1cc(C)nc(Nc2ccc(C(C)C)cc2Br)c1=O. The van der Waals surface area contributed by atoms with Crippen LogP contribution in [0.15, 0.2) is 33.7 Å². The Kier molecular flexibility index (Phi) is 6.79. The quantitative estimate of drug-likeness (QED) is 0.717. The maximum atomic E-state index is 12.9. The molecule has 0 saturated heterocycles. The van der Waals surface area contributed by atoms with Gasteiger partial charge in [0.1, 0.15) is 0 Å². The second-order valence-corrected chi connectivity index (χ2v) is 7.33. The molecule has 2 aromatic rings. The summed E-state index contributed by atoms with van der Waals surface area (Å²) in [5, 5.41) is 3.18. The first-order valence-corrected chi connectivity index (χ1v) is 9.31. The lowest BCUT2D eigenvalue weighted by Crippen LogP contribution is -2.29. The number of benzene rings is 1. The molecule has 136 valence electrons. The van der Waals surface area contributed by atoms with Crippen LogP contribution in [0.4, 0.5) is 11.5 Å². The molecular formula is C19H26BrN3O2. The average Bonchev–Trinajstić information content (AvgIpc) is 2.57. The van der Waals surface area contributed by atoms with Crippen LogP contribution in [0.3, 0.4) is 0 Å². The van der Waals surface area contributed by atoms with Gasteiger partial charge in [-0.3, -0.25) is 4.79 Å². The van der Waals surface area contributed by atoms with E-state index in [-0.39, 0.29) is 11.6 Å². The summed E-state index contributed by atoms with van der Waals surface area (Å²) in [5.41, 5.74) is 2.70. The topological polar surface area (TPSA) is 56.1 Å². The van der Waals surface area contributed by atoms with E-state index in [2.05, 4.69) is 52.2 Å². The second kappa shape index (κ2) is 8.63. The number of anilines is 2. The molecule has 25 heavy (non-hydrogen) atoms. The van der Waals surface area contributed by atoms with Crippen molar-refractivity contribution in [2.75, 3.05) is 19.0 Å². The Labute approximate surface area is 157 Å². The number of nitrogens with one attached hydrogen (secondary N) is 1. The fourth-order valence-electron chi connectivity index (χ4n) is 2.69. The molecule has 0 aliphatic heterocycles. The number of nitrogens with zero attached hydrogens (tertiary/aromatic N) is 2. The standard InChI is InChI=1S/C19H26BrN3O2/c1-6-15(11-25-5)23-10-13(4)21-18(19(23)24)22-17-8-7-14(12(2)3)9-16(17)20/h7-10,12,15H,6,11H2,1-5H3,(H,21,22). The highest BCUT2D eigenvalue weighted by Gasteiger charge is 2.15. The van der Waals surface area contributed by atoms with Crippen LogP contribution in [0.1, 0.15) is 50.4 Å². The minimum atomic E-state index is -0.144. The maximum absolute atomic E-state index is 12.9. The highest BCUT2D eigenvalue weighted by atomic mass is 79.9. The third-order valence-electron chi connectivity index (χ3n) is 4.19. The van der Waals surface area contributed by atoms with Crippen molar-refractivity contribution < 1.29 is 4.74 Å². The minimum Gasteiger partial charge on any atom is -0.383 e. The summed E-state index contributed by atoms with van der Waals surface area (Å²) in [5.74, 6) is 0.770. The van der Waals surface area contributed by atoms with Crippen molar-refractivity contribution in [1.29, 1.82) is 0 Å². The number of halogens is 1. The van der Waals surface area contributed by atoms with Crippen LogP contribution in [0.5, 0.6) is 0 Å². The Hall–Kier alpha value is -1.66. The molecule has 0 radical (unpaired) electrons. The van der Waals surface area contributed by atoms with E-state index in [1.165, 1.54) is 5.56 Å². The molecule has 0 fully saturated rings. The number of aromatic nitrogens is 2. The number of aryl methyl sites for hydroxylation is 1. The predicted molar refractivity (Wildman–Crippen MR) is 106 cm³/mol. The van der Waals surface area contributed by atoms with E-state index < -0.39 is 0 Å². The number of rotatable bonds is 7. The average molecular weight is 408 g/mol. The predicted octanol–water partition coefficient (Wildman–Crippen LogP) is 4.78. The normalized spacial score (nSPS) is 12.4. The zero-order chi connectivity index (χ0) is 18.6. The fourth-order valence-corrected chi connectivity index (χ4v) is 3.19. The van der Waals surface area contributed by atoms with Gasteiger partial charge in [-0.1, -0.05) is 26.8 Å². The van der Waals surface area contributed by atoms with E-state index in [1.54, 1.807) is 17.9 Å². The Balaban J connectivity index is 2.40. The largest absolute Gasteiger partial charge is 0.383 e. The molecule has 0 aliphatic rings. The lowest BCUT2D eigenvalue weighted by Gasteiger charge is -2.19. The zero-order valence-electron chi connectivity index (χ0n) is 15.5. The monoisotopic (exact) mass is 407 g/mol. The van der Waals surface area contributed by atoms with Crippen molar-refractivity contribution in [3.05, 3.63) is 50.5 Å². The van der Waals surface area contributed by atoms with E-state index >= 15 is 0 Å². The van der Waals surface area contributed by atoms with Crippen molar-refractivity contribution in [3.63, 3.8) is 0 Å². The third kappa shape index (κ3) is 4.70. The summed E-state index contributed by atoms with van der Waals surface area (Å²) in [6.45, 7) is 8.72. The smallest absolute Gasteiger partial charge is 0.294 e. The molecule has 0 spiro atoms. The number of ether oxygens (including phenoxy) is 1. The van der Waals surface area contributed by atoms with Crippen molar-refractivity contribution in [2.24, 2.45) is 0 Å². The molecule has 1 aromatic heterocycles. The van der Waals surface area contributed by atoms with E-state index in [0.717, 1.165) is 22.3 Å². The Bertz CT molecular complexity index is 787. The summed E-state index contributed by atoms with van der Waals surface area (Å²) in [7, 11) is 1.65. The highest BCUT2D eigenvalue weighted by Crippen LogP contribution is 2.28. The van der Waals surface area contributed by atoms with Crippen LogP contribution < -0.4 is 10.9 Å². The molecular weight excluding hydrogens is 382 g/mol. The van der Waals surface area contributed by atoms with Gasteiger partial charge in [0.25, 0.3) is 5.56 Å². The van der Waals surface area contributed by atoms with Crippen molar-refractivity contribution in [2.45, 2.75) is 46.1 Å². The number of hydrogen-bond acceptors (Lipinski definition) is 4. The summed E-state index contributed by atoms with van der Waals surface area (Å²) >= 11 is 3.58. The molecule has 0 bridgehead atoms. The van der Waals surface area contributed by atoms with Crippen LogP contribution in [0.2, 0.25) is 0 Å². The molecule has 1 atom stereocenters. The van der Waals surface area contributed by atoms with Gasteiger partial charge in [-0.25, -0.2) is 4.98 Å². The molecule has 1 aromatic carbocycles. The van der Waals surface area contributed by atoms with Gasteiger partial charge in [-0.05, 0) is 52.9 Å². The molecule has 0 amide bonds. The Morgan fingerprint density at radius 2 is 2.08 bits per heavy atom. The zero-order valence-corrected chi connectivity index (χ0v) is 17.1. The first kappa shape index (κ1) is 19.7. The molecule has 0 aliphatic carbocycles. The van der Waals surface area contributed by atoms with Crippen LogP contribution in [0, 0.1) is 6.92 Å². The van der Waals surface area contributed by atoms with E-state index in [1.807, 2.05) is 19.9 Å². The minimum absolute atomic E-state index is 0.00786. The van der Waals surface area contributed by atoms with Gasteiger partial charge in [0.2, 0.25) is 0 Å². The van der Waals surface area contributed by atoms with E-state index in [4.69, 9.17) is 4.74 Å².